The Morgan fingerprint density at radius 2 is 2.10 bits per heavy atom. The Morgan fingerprint density at radius 1 is 1.38 bits per heavy atom. The number of ether oxygens (including phenoxy) is 1. The molecule has 0 bridgehead atoms. The number of rotatable bonds is 5. The van der Waals surface area contributed by atoms with Crippen molar-refractivity contribution in [3.05, 3.63) is 57.8 Å². The van der Waals surface area contributed by atoms with E-state index in [0.29, 0.717) is 21.8 Å². The van der Waals surface area contributed by atoms with Gasteiger partial charge in [0.15, 0.2) is 6.10 Å². The summed E-state index contributed by atoms with van der Waals surface area (Å²) in [6.07, 6.45) is 2.77. The van der Waals surface area contributed by atoms with Crippen LogP contribution in [0.5, 0.6) is 5.75 Å². The first-order chi connectivity index (χ1) is 10.1. The van der Waals surface area contributed by atoms with Crippen molar-refractivity contribution in [2.24, 2.45) is 0 Å². The maximum atomic E-state index is 12.0. The Kier molecular flexibility index (Phi) is 5.59. The van der Waals surface area contributed by atoms with Crippen LogP contribution in [0.3, 0.4) is 0 Å². The van der Waals surface area contributed by atoms with Gasteiger partial charge < -0.3 is 10.1 Å². The quantitative estimate of drug-likeness (QED) is 0.876. The van der Waals surface area contributed by atoms with E-state index in [1.54, 1.807) is 37.5 Å². The lowest BCUT2D eigenvalue weighted by atomic mass is 10.2. The van der Waals surface area contributed by atoms with Crippen LogP contribution in [0.15, 0.2) is 47.2 Å². The Balaban J connectivity index is 1.90. The van der Waals surface area contributed by atoms with E-state index in [9.17, 15) is 4.79 Å². The van der Waals surface area contributed by atoms with E-state index in [4.69, 9.17) is 16.3 Å². The molecule has 21 heavy (non-hydrogen) atoms. The second-order valence-corrected chi connectivity index (χ2v) is 5.70. The molecular formula is C15H14BrClN2O2. The summed E-state index contributed by atoms with van der Waals surface area (Å²) in [5.74, 6) is 0.389. The molecule has 0 saturated carbocycles. The first-order valence-corrected chi connectivity index (χ1v) is 7.51. The molecule has 1 amide bonds. The van der Waals surface area contributed by atoms with Crippen LogP contribution in [0.1, 0.15) is 12.5 Å². The average Bonchev–Trinajstić information content (AvgIpc) is 2.48. The number of benzene rings is 1. The number of amides is 1. The van der Waals surface area contributed by atoms with Crippen molar-refractivity contribution in [2.45, 2.75) is 19.6 Å². The summed E-state index contributed by atoms with van der Waals surface area (Å²) in [4.78, 5) is 15.9. The summed E-state index contributed by atoms with van der Waals surface area (Å²) < 4.78 is 6.33. The molecule has 110 valence electrons. The minimum atomic E-state index is -0.607. The van der Waals surface area contributed by atoms with Crippen molar-refractivity contribution in [3.8, 4) is 5.75 Å². The molecule has 1 aromatic heterocycles. The molecule has 0 saturated heterocycles. The maximum absolute atomic E-state index is 12.0. The van der Waals surface area contributed by atoms with E-state index >= 15 is 0 Å². The predicted octanol–water partition coefficient (Wildman–Crippen LogP) is 3.58. The minimum Gasteiger partial charge on any atom is -0.480 e. The van der Waals surface area contributed by atoms with Crippen LogP contribution in [0.2, 0.25) is 5.02 Å². The lowest BCUT2D eigenvalue weighted by molar-refractivity contribution is -0.127. The third-order valence-electron chi connectivity index (χ3n) is 2.78. The summed E-state index contributed by atoms with van der Waals surface area (Å²) in [6.45, 7) is 2.14. The fourth-order valence-corrected chi connectivity index (χ4v) is 2.42. The number of carbonyl (C=O) groups is 1. The fourth-order valence-electron chi connectivity index (χ4n) is 1.65. The molecule has 2 rings (SSSR count). The highest BCUT2D eigenvalue weighted by Crippen LogP contribution is 2.28. The predicted molar refractivity (Wildman–Crippen MR) is 85.3 cm³/mol. The van der Waals surface area contributed by atoms with E-state index < -0.39 is 6.10 Å². The molecule has 1 heterocycles. The van der Waals surface area contributed by atoms with Crippen molar-refractivity contribution >= 4 is 33.4 Å². The second-order valence-electron chi connectivity index (χ2n) is 4.41. The van der Waals surface area contributed by atoms with Gasteiger partial charge in [0.1, 0.15) is 5.75 Å². The number of carbonyl (C=O) groups excluding carboxylic acids is 1. The summed E-state index contributed by atoms with van der Waals surface area (Å²) in [5, 5.41) is 3.42. The van der Waals surface area contributed by atoms with Crippen LogP contribution in [0.4, 0.5) is 0 Å². The van der Waals surface area contributed by atoms with Gasteiger partial charge in [0.25, 0.3) is 5.91 Å². The van der Waals surface area contributed by atoms with Crippen LogP contribution in [-0.4, -0.2) is 17.0 Å². The Labute approximate surface area is 136 Å². The first-order valence-electron chi connectivity index (χ1n) is 6.34. The van der Waals surface area contributed by atoms with Gasteiger partial charge in [-0.2, -0.15) is 0 Å². The van der Waals surface area contributed by atoms with Gasteiger partial charge in [-0.05, 0) is 58.7 Å². The van der Waals surface area contributed by atoms with Crippen molar-refractivity contribution in [2.75, 3.05) is 0 Å². The third-order valence-corrected chi connectivity index (χ3v) is 3.64. The number of pyridine rings is 1. The normalized spacial score (nSPS) is 11.8. The summed E-state index contributed by atoms with van der Waals surface area (Å²) in [7, 11) is 0. The van der Waals surface area contributed by atoms with Gasteiger partial charge in [-0.1, -0.05) is 11.6 Å². The lowest BCUT2D eigenvalue weighted by Crippen LogP contribution is -2.35. The number of aromatic nitrogens is 1. The van der Waals surface area contributed by atoms with E-state index in [1.807, 2.05) is 12.1 Å². The van der Waals surface area contributed by atoms with Gasteiger partial charge in [0, 0.05) is 24.0 Å². The average molecular weight is 370 g/mol. The number of hydrogen-bond acceptors (Lipinski definition) is 3. The molecular weight excluding hydrogens is 356 g/mol. The Morgan fingerprint density at radius 3 is 2.76 bits per heavy atom. The van der Waals surface area contributed by atoms with Crippen molar-refractivity contribution < 1.29 is 9.53 Å². The first kappa shape index (κ1) is 15.8. The van der Waals surface area contributed by atoms with Crippen LogP contribution >= 0.6 is 27.5 Å². The molecule has 1 N–H and O–H groups in total. The highest BCUT2D eigenvalue weighted by molar-refractivity contribution is 9.10. The molecule has 4 nitrogen and oxygen atoms in total. The molecule has 0 aliphatic heterocycles. The van der Waals surface area contributed by atoms with Gasteiger partial charge in [-0.15, -0.1) is 0 Å². The van der Waals surface area contributed by atoms with Crippen LogP contribution in [0, 0.1) is 0 Å². The van der Waals surface area contributed by atoms with E-state index in [1.165, 1.54) is 0 Å². The van der Waals surface area contributed by atoms with Gasteiger partial charge in [-0.3, -0.25) is 9.78 Å². The van der Waals surface area contributed by atoms with Crippen LogP contribution in [0.25, 0.3) is 0 Å². The second kappa shape index (κ2) is 7.43. The highest BCUT2D eigenvalue weighted by atomic mass is 79.9. The summed E-state index contributed by atoms with van der Waals surface area (Å²) >= 11 is 9.22. The molecule has 2 aromatic rings. The fraction of sp³-hybridized carbons (Fsp3) is 0.200. The topological polar surface area (TPSA) is 51.2 Å². The lowest BCUT2D eigenvalue weighted by Gasteiger charge is -2.16. The van der Waals surface area contributed by atoms with E-state index in [2.05, 4.69) is 26.2 Å². The Hall–Kier alpha value is -1.59. The van der Waals surface area contributed by atoms with Crippen LogP contribution in [-0.2, 0) is 11.3 Å². The van der Waals surface area contributed by atoms with Crippen molar-refractivity contribution in [1.29, 1.82) is 0 Å². The molecule has 0 fully saturated rings. The van der Waals surface area contributed by atoms with Gasteiger partial charge in [-0.25, -0.2) is 0 Å². The number of nitrogens with one attached hydrogen (secondary N) is 1. The monoisotopic (exact) mass is 368 g/mol. The number of halogens is 2. The minimum absolute atomic E-state index is 0.186. The molecule has 0 aliphatic rings. The number of hydrogen-bond donors (Lipinski definition) is 1. The molecule has 1 aromatic carbocycles. The highest BCUT2D eigenvalue weighted by Gasteiger charge is 2.15. The molecule has 0 radical (unpaired) electrons. The summed E-state index contributed by atoms with van der Waals surface area (Å²) in [5.41, 5.74) is 0.984. The van der Waals surface area contributed by atoms with Gasteiger partial charge in [0.2, 0.25) is 0 Å². The van der Waals surface area contributed by atoms with Gasteiger partial charge >= 0.3 is 0 Å². The molecule has 1 unspecified atom stereocenters. The molecule has 0 spiro atoms. The standard InChI is InChI=1S/C15H14BrClN2O2/c1-10(21-14-3-2-12(17)8-13(14)16)15(20)19-9-11-4-6-18-7-5-11/h2-8,10H,9H2,1H3,(H,19,20). The summed E-state index contributed by atoms with van der Waals surface area (Å²) in [6, 6.07) is 8.85. The maximum Gasteiger partial charge on any atom is 0.261 e. The zero-order chi connectivity index (χ0) is 15.2. The zero-order valence-corrected chi connectivity index (χ0v) is 13.7. The smallest absolute Gasteiger partial charge is 0.261 e. The Bertz CT molecular complexity index is 622. The SMILES string of the molecule is CC(Oc1ccc(Cl)cc1Br)C(=O)NCc1ccncc1. The number of nitrogens with zero attached hydrogens (tertiary/aromatic N) is 1. The van der Waals surface area contributed by atoms with Gasteiger partial charge in [0.05, 0.1) is 4.47 Å². The van der Waals surface area contributed by atoms with Crippen molar-refractivity contribution in [1.82, 2.24) is 10.3 Å². The van der Waals surface area contributed by atoms with E-state index in [-0.39, 0.29) is 5.91 Å². The van der Waals surface area contributed by atoms with E-state index in [0.717, 1.165) is 5.56 Å². The third kappa shape index (κ3) is 4.72. The zero-order valence-electron chi connectivity index (χ0n) is 11.3. The molecule has 0 aliphatic carbocycles. The molecule has 6 heteroatoms. The largest absolute Gasteiger partial charge is 0.480 e. The van der Waals surface area contributed by atoms with Crippen molar-refractivity contribution in [3.63, 3.8) is 0 Å². The molecule has 1 atom stereocenters. The van der Waals surface area contributed by atoms with Crippen LogP contribution < -0.4 is 10.1 Å².